The summed E-state index contributed by atoms with van der Waals surface area (Å²) in [5, 5.41) is 0. The second-order valence-corrected chi connectivity index (χ2v) is 8.16. The smallest absolute Gasteiger partial charge is 0.240 e. The lowest BCUT2D eigenvalue weighted by Crippen LogP contribution is -2.23. The Balaban J connectivity index is 1.72. The average Bonchev–Trinajstić information content (AvgIpc) is 2.73. The highest BCUT2D eigenvalue weighted by Gasteiger charge is 2.15. The Bertz CT molecular complexity index is 1060. The normalized spacial score (nSPS) is 11.1. The van der Waals surface area contributed by atoms with Crippen molar-refractivity contribution < 1.29 is 22.6 Å². The summed E-state index contributed by atoms with van der Waals surface area (Å²) in [5.41, 5.74) is 1.70. The zero-order valence-electron chi connectivity index (χ0n) is 16.5. The van der Waals surface area contributed by atoms with Gasteiger partial charge in [-0.2, -0.15) is 0 Å². The fraction of sp³-hybridized carbons (Fsp3) is 0.182. The molecule has 3 aromatic carbocycles. The number of rotatable bonds is 8. The summed E-state index contributed by atoms with van der Waals surface area (Å²) in [5.74, 6) is 2.51. The minimum atomic E-state index is -3.61. The van der Waals surface area contributed by atoms with Gasteiger partial charge in [-0.1, -0.05) is 23.8 Å². The summed E-state index contributed by atoms with van der Waals surface area (Å²) in [6.45, 7) is 2.01. The van der Waals surface area contributed by atoms with E-state index in [1.54, 1.807) is 73.8 Å². The zero-order chi connectivity index (χ0) is 20.9. The van der Waals surface area contributed by atoms with Crippen LogP contribution in [-0.4, -0.2) is 22.6 Å². The van der Waals surface area contributed by atoms with E-state index in [9.17, 15) is 8.42 Å². The van der Waals surface area contributed by atoms with Gasteiger partial charge < -0.3 is 14.2 Å². The second-order valence-electron chi connectivity index (χ2n) is 6.39. The summed E-state index contributed by atoms with van der Waals surface area (Å²) in [4.78, 5) is 0.224. The first-order valence-corrected chi connectivity index (χ1v) is 10.4. The minimum Gasteiger partial charge on any atom is -0.497 e. The Morgan fingerprint density at radius 1 is 0.793 bits per heavy atom. The monoisotopic (exact) mass is 413 g/mol. The average molecular weight is 413 g/mol. The Hall–Kier alpha value is -3.03. The van der Waals surface area contributed by atoms with E-state index in [0.717, 1.165) is 11.3 Å². The Labute approximate surface area is 171 Å². The van der Waals surface area contributed by atoms with Crippen LogP contribution in [0.4, 0.5) is 0 Å². The molecule has 6 nitrogen and oxygen atoms in total. The van der Waals surface area contributed by atoms with Crippen LogP contribution in [0, 0.1) is 6.92 Å². The van der Waals surface area contributed by atoms with E-state index in [0.29, 0.717) is 22.8 Å². The molecule has 0 fully saturated rings. The quantitative estimate of drug-likeness (QED) is 0.597. The lowest BCUT2D eigenvalue weighted by molar-refractivity contribution is 0.402. The highest BCUT2D eigenvalue weighted by Crippen LogP contribution is 2.29. The molecule has 0 aliphatic heterocycles. The molecule has 0 saturated heterocycles. The van der Waals surface area contributed by atoms with Crippen molar-refractivity contribution in [2.75, 3.05) is 14.2 Å². The van der Waals surface area contributed by atoms with Crippen LogP contribution in [0.2, 0.25) is 0 Å². The number of hydrogen-bond donors (Lipinski definition) is 1. The van der Waals surface area contributed by atoms with E-state index in [4.69, 9.17) is 14.2 Å². The molecular weight excluding hydrogens is 390 g/mol. The molecule has 0 amide bonds. The Morgan fingerprint density at radius 3 is 2.03 bits per heavy atom. The third kappa shape index (κ3) is 5.28. The summed E-state index contributed by atoms with van der Waals surface area (Å²) in [6.07, 6.45) is 0. The van der Waals surface area contributed by atoms with Gasteiger partial charge in [-0.3, -0.25) is 0 Å². The van der Waals surface area contributed by atoms with E-state index in [1.807, 2.05) is 6.92 Å². The van der Waals surface area contributed by atoms with Gasteiger partial charge in [-0.15, -0.1) is 0 Å². The van der Waals surface area contributed by atoms with Gasteiger partial charge in [0.1, 0.15) is 23.0 Å². The van der Waals surface area contributed by atoms with Crippen LogP contribution >= 0.6 is 0 Å². The third-order valence-electron chi connectivity index (χ3n) is 4.34. The predicted octanol–water partition coefficient (Wildman–Crippen LogP) is 4.28. The van der Waals surface area contributed by atoms with Gasteiger partial charge in [-0.05, 0) is 49.4 Å². The van der Waals surface area contributed by atoms with Gasteiger partial charge in [0.2, 0.25) is 10.0 Å². The predicted molar refractivity (Wildman–Crippen MR) is 111 cm³/mol. The first-order chi connectivity index (χ1) is 13.9. The maximum Gasteiger partial charge on any atom is 0.240 e. The highest BCUT2D eigenvalue weighted by atomic mass is 32.2. The summed E-state index contributed by atoms with van der Waals surface area (Å²) < 4.78 is 44.0. The van der Waals surface area contributed by atoms with Crippen LogP contribution in [-0.2, 0) is 16.6 Å². The number of methoxy groups -OCH3 is 2. The van der Waals surface area contributed by atoms with Crippen LogP contribution in [0.15, 0.2) is 71.6 Å². The second kappa shape index (κ2) is 8.98. The molecule has 1 N–H and O–H groups in total. The van der Waals surface area contributed by atoms with E-state index >= 15 is 0 Å². The number of nitrogens with one attached hydrogen (secondary N) is 1. The lowest BCUT2D eigenvalue weighted by Gasteiger charge is -2.13. The van der Waals surface area contributed by atoms with Crippen molar-refractivity contribution in [1.29, 1.82) is 0 Å². The van der Waals surface area contributed by atoms with Gasteiger partial charge >= 0.3 is 0 Å². The van der Waals surface area contributed by atoms with E-state index in [-0.39, 0.29) is 11.4 Å². The van der Waals surface area contributed by atoms with Crippen molar-refractivity contribution in [2.24, 2.45) is 0 Å². The van der Waals surface area contributed by atoms with Gasteiger partial charge in [0, 0.05) is 18.2 Å². The molecule has 0 atom stereocenters. The van der Waals surface area contributed by atoms with Crippen molar-refractivity contribution in [3.63, 3.8) is 0 Å². The standard InChI is InChI=1S/C22H23NO5S/c1-16-4-12-21(13-5-16)29(24,25)23-15-17-6-7-20(14-22(17)27-3)28-19-10-8-18(26-2)9-11-19/h4-14,23H,15H2,1-3H3. The van der Waals surface area contributed by atoms with Crippen LogP contribution in [0.3, 0.4) is 0 Å². The van der Waals surface area contributed by atoms with Crippen molar-refractivity contribution in [1.82, 2.24) is 4.72 Å². The van der Waals surface area contributed by atoms with Crippen LogP contribution in [0.25, 0.3) is 0 Å². The summed E-state index contributed by atoms with van der Waals surface area (Å²) >= 11 is 0. The lowest BCUT2D eigenvalue weighted by atomic mass is 10.2. The van der Waals surface area contributed by atoms with Crippen LogP contribution in [0.5, 0.6) is 23.0 Å². The van der Waals surface area contributed by atoms with Crippen molar-refractivity contribution >= 4 is 10.0 Å². The largest absolute Gasteiger partial charge is 0.497 e. The molecule has 0 spiro atoms. The van der Waals surface area contributed by atoms with Crippen molar-refractivity contribution in [3.05, 3.63) is 77.9 Å². The number of aryl methyl sites for hydroxylation is 1. The molecule has 7 heteroatoms. The molecule has 3 rings (SSSR count). The van der Waals surface area contributed by atoms with E-state index in [1.165, 1.54) is 7.11 Å². The molecule has 0 heterocycles. The molecular formula is C22H23NO5S. The first-order valence-electron chi connectivity index (χ1n) is 8.96. The molecule has 0 aromatic heterocycles. The third-order valence-corrected chi connectivity index (χ3v) is 5.75. The highest BCUT2D eigenvalue weighted by molar-refractivity contribution is 7.89. The number of benzene rings is 3. The molecule has 0 aliphatic carbocycles. The van der Waals surface area contributed by atoms with Crippen LogP contribution < -0.4 is 18.9 Å². The minimum absolute atomic E-state index is 0.0994. The molecule has 3 aromatic rings. The van der Waals surface area contributed by atoms with E-state index in [2.05, 4.69) is 4.72 Å². The molecule has 0 saturated carbocycles. The molecule has 152 valence electrons. The molecule has 0 bridgehead atoms. The summed E-state index contributed by atoms with van der Waals surface area (Å²) in [6, 6.07) is 19.2. The number of ether oxygens (including phenoxy) is 3. The SMILES string of the molecule is COc1ccc(Oc2ccc(CNS(=O)(=O)c3ccc(C)cc3)c(OC)c2)cc1. The molecule has 0 radical (unpaired) electrons. The fourth-order valence-electron chi connectivity index (χ4n) is 2.69. The molecule has 0 unspecified atom stereocenters. The zero-order valence-corrected chi connectivity index (χ0v) is 17.3. The van der Waals surface area contributed by atoms with Gasteiger partial charge in [0.05, 0.1) is 19.1 Å². The topological polar surface area (TPSA) is 73.9 Å². The first kappa shape index (κ1) is 20.7. The van der Waals surface area contributed by atoms with Crippen LogP contribution in [0.1, 0.15) is 11.1 Å². The number of sulfonamides is 1. The molecule has 29 heavy (non-hydrogen) atoms. The van der Waals surface area contributed by atoms with E-state index < -0.39 is 10.0 Å². The van der Waals surface area contributed by atoms with Gasteiger partial charge in [0.25, 0.3) is 0 Å². The van der Waals surface area contributed by atoms with Gasteiger partial charge in [0.15, 0.2) is 0 Å². The maximum absolute atomic E-state index is 12.5. The summed E-state index contributed by atoms with van der Waals surface area (Å²) in [7, 11) is -0.478. The Morgan fingerprint density at radius 2 is 1.41 bits per heavy atom. The van der Waals surface area contributed by atoms with Crippen molar-refractivity contribution in [3.8, 4) is 23.0 Å². The van der Waals surface area contributed by atoms with Crippen molar-refractivity contribution in [2.45, 2.75) is 18.4 Å². The number of hydrogen-bond acceptors (Lipinski definition) is 5. The maximum atomic E-state index is 12.5. The Kier molecular flexibility index (Phi) is 6.41. The molecule has 0 aliphatic rings. The van der Waals surface area contributed by atoms with Gasteiger partial charge in [-0.25, -0.2) is 13.1 Å². The fourth-order valence-corrected chi connectivity index (χ4v) is 3.69.